The standard InChI is InChI=1S/C12H13N5O/c1-8(10-4-3-5-18-10)16-11-9-6-15-17(2)12(9)14-7-13-11/h3-8H,1-2H3,(H,13,14,16)/t8-/m1/s1. The van der Waals surface area contributed by atoms with Gasteiger partial charge in [-0.3, -0.25) is 4.68 Å². The molecular formula is C12H13N5O. The number of furan rings is 1. The average Bonchev–Trinajstić information content (AvgIpc) is 3.00. The minimum atomic E-state index is 0.0401. The summed E-state index contributed by atoms with van der Waals surface area (Å²) in [5, 5.41) is 8.38. The maximum Gasteiger partial charge on any atom is 0.163 e. The Labute approximate surface area is 104 Å². The molecule has 0 spiro atoms. The van der Waals surface area contributed by atoms with Gasteiger partial charge >= 0.3 is 0 Å². The van der Waals surface area contributed by atoms with Crippen molar-refractivity contribution in [2.75, 3.05) is 5.32 Å². The Bertz CT molecular complexity index is 658. The minimum Gasteiger partial charge on any atom is -0.467 e. The van der Waals surface area contributed by atoms with Crippen molar-refractivity contribution in [3.8, 4) is 0 Å². The first-order valence-electron chi connectivity index (χ1n) is 5.68. The smallest absolute Gasteiger partial charge is 0.163 e. The maximum atomic E-state index is 5.36. The van der Waals surface area contributed by atoms with Crippen LogP contribution in [0.5, 0.6) is 0 Å². The van der Waals surface area contributed by atoms with Crippen LogP contribution in [0.4, 0.5) is 5.82 Å². The molecule has 3 aromatic rings. The highest BCUT2D eigenvalue weighted by Crippen LogP contribution is 2.23. The van der Waals surface area contributed by atoms with Crippen LogP contribution in [0.3, 0.4) is 0 Å². The zero-order valence-corrected chi connectivity index (χ0v) is 10.2. The highest BCUT2D eigenvalue weighted by atomic mass is 16.3. The molecular weight excluding hydrogens is 230 g/mol. The van der Waals surface area contributed by atoms with E-state index in [-0.39, 0.29) is 6.04 Å². The summed E-state index contributed by atoms with van der Waals surface area (Å²) in [6.45, 7) is 2.02. The Kier molecular flexibility index (Phi) is 2.47. The van der Waals surface area contributed by atoms with E-state index < -0.39 is 0 Å². The molecule has 0 radical (unpaired) electrons. The molecule has 0 fully saturated rings. The van der Waals surface area contributed by atoms with E-state index in [1.54, 1.807) is 17.1 Å². The van der Waals surface area contributed by atoms with Gasteiger partial charge in [-0.15, -0.1) is 0 Å². The highest BCUT2D eigenvalue weighted by Gasteiger charge is 2.12. The first kappa shape index (κ1) is 10.8. The summed E-state index contributed by atoms with van der Waals surface area (Å²) in [4.78, 5) is 8.45. The Hall–Kier alpha value is -2.37. The van der Waals surface area contributed by atoms with Crippen LogP contribution in [0.15, 0.2) is 35.3 Å². The van der Waals surface area contributed by atoms with Gasteiger partial charge in [0, 0.05) is 7.05 Å². The quantitative estimate of drug-likeness (QED) is 0.763. The Morgan fingerprint density at radius 1 is 1.39 bits per heavy atom. The molecule has 6 nitrogen and oxygen atoms in total. The molecule has 0 unspecified atom stereocenters. The molecule has 0 saturated heterocycles. The topological polar surface area (TPSA) is 68.8 Å². The molecule has 1 N–H and O–H groups in total. The molecule has 3 aromatic heterocycles. The number of hydrogen-bond donors (Lipinski definition) is 1. The van der Waals surface area contributed by atoms with E-state index in [4.69, 9.17) is 4.42 Å². The van der Waals surface area contributed by atoms with E-state index in [2.05, 4.69) is 20.4 Å². The monoisotopic (exact) mass is 243 g/mol. The van der Waals surface area contributed by atoms with Crippen molar-refractivity contribution in [1.82, 2.24) is 19.7 Å². The fourth-order valence-corrected chi connectivity index (χ4v) is 1.89. The van der Waals surface area contributed by atoms with Crippen LogP contribution in [0, 0.1) is 0 Å². The molecule has 0 saturated carbocycles. The number of fused-ring (bicyclic) bond motifs is 1. The van der Waals surface area contributed by atoms with Crippen LogP contribution >= 0.6 is 0 Å². The van der Waals surface area contributed by atoms with Gasteiger partial charge in [0.15, 0.2) is 5.65 Å². The summed E-state index contributed by atoms with van der Waals surface area (Å²) >= 11 is 0. The van der Waals surface area contributed by atoms with Gasteiger partial charge in [0.1, 0.15) is 17.9 Å². The van der Waals surface area contributed by atoms with Crippen molar-refractivity contribution in [2.24, 2.45) is 7.05 Å². The third-order valence-electron chi connectivity index (χ3n) is 2.85. The predicted molar refractivity (Wildman–Crippen MR) is 67.0 cm³/mol. The molecule has 1 atom stereocenters. The van der Waals surface area contributed by atoms with Crippen LogP contribution in [0.25, 0.3) is 11.0 Å². The number of aromatic nitrogens is 4. The fourth-order valence-electron chi connectivity index (χ4n) is 1.89. The zero-order chi connectivity index (χ0) is 12.5. The van der Waals surface area contributed by atoms with E-state index >= 15 is 0 Å². The summed E-state index contributed by atoms with van der Waals surface area (Å²) in [7, 11) is 1.86. The van der Waals surface area contributed by atoms with Crippen LogP contribution in [0.1, 0.15) is 18.7 Å². The van der Waals surface area contributed by atoms with Gasteiger partial charge in [0.2, 0.25) is 0 Å². The summed E-state index contributed by atoms with van der Waals surface area (Å²) < 4.78 is 7.08. The molecule has 92 valence electrons. The molecule has 3 heterocycles. The molecule has 0 aliphatic carbocycles. The Balaban J connectivity index is 1.95. The van der Waals surface area contributed by atoms with Crippen LogP contribution in [-0.2, 0) is 7.05 Å². The molecule has 0 bridgehead atoms. The second kappa shape index (κ2) is 4.14. The van der Waals surface area contributed by atoms with E-state index in [1.165, 1.54) is 6.33 Å². The van der Waals surface area contributed by atoms with Crippen molar-refractivity contribution in [2.45, 2.75) is 13.0 Å². The van der Waals surface area contributed by atoms with Crippen molar-refractivity contribution < 1.29 is 4.42 Å². The molecule has 3 rings (SSSR count). The van der Waals surface area contributed by atoms with Gasteiger partial charge in [-0.25, -0.2) is 9.97 Å². The largest absolute Gasteiger partial charge is 0.467 e. The van der Waals surface area contributed by atoms with Gasteiger partial charge in [-0.05, 0) is 19.1 Å². The summed E-state index contributed by atoms with van der Waals surface area (Å²) in [5.74, 6) is 1.63. The predicted octanol–water partition coefficient (Wildman–Crippen LogP) is 2.13. The number of nitrogens with one attached hydrogen (secondary N) is 1. The lowest BCUT2D eigenvalue weighted by Gasteiger charge is -2.12. The Morgan fingerprint density at radius 3 is 3.06 bits per heavy atom. The van der Waals surface area contributed by atoms with E-state index in [0.29, 0.717) is 0 Å². The molecule has 18 heavy (non-hydrogen) atoms. The van der Waals surface area contributed by atoms with Gasteiger partial charge in [-0.2, -0.15) is 5.10 Å². The summed E-state index contributed by atoms with van der Waals surface area (Å²) in [6.07, 6.45) is 4.95. The average molecular weight is 243 g/mol. The molecule has 6 heteroatoms. The number of hydrogen-bond acceptors (Lipinski definition) is 5. The molecule has 0 aliphatic heterocycles. The van der Waals surface area contributed by atoms with E-state index in [1.807, 2.05) is 26.1 Å². The SMILES string of the molecule is C[C@@H](Nc1ncnc2c1cnn2C)c1ccco1. The van der Waals surface area contributed by atoms with Crippen LogP contribution in [0.2, 0.25) is 0 Å². The normalized spacial score (nSPS) is 12.8. The minimum absolute atomic E-state index is 0.0401. The zero-order valence-electron chi connectivity index (χ0n) is 10.2. The van der Waals surface area contributed by atoms with Crippen molar-refractivity contribution in [3.63, 3.8) is 0 Å². The fraction of sp³-hybridized carbons (Fsp3) is 0.250. The Morgan fingerprint density at radius 2 is 2.28 bits per heavy atom. The van der Waals surface area contributed by atoms with Gasteiger partial charge in [-0.1, -0.05) is 0 Å². The number of rotatable bonds is 3. The second-order valence-corrected chi connectivity index (χ2v) is 4.11. The number of anilines is 1. The van der Waals surface area contributed by atoms with E-state index in [9.17, 15) is 0 Å². The lowest BCUT2D eigenvalue weighted by molar-refractivity contribution is 0.490. The van der Waals surface area contributed by atoms with Crippen LogP contribution in [-0.4, -0.2) is 19.7 Å². The first-order chi connectivity index (χ1) is 8.75. The van der Waals surface area contributed by atoms with E-state index in [0.717, 1.165) is 22.6 Å². The van der Waals surface area contributed by atoms with Gasteiger partial charge < -0.3 is 9.73 Å². The summed E-state index contributed by atoms with van der Waals surface area (Å²) in [5.41, 5.74) is 0.805. The maximum absolute atomic E-state index is 5.36. The van der Waals surface area contributed by atoms with Crippen molar-refractivity contribution in [1.29, 1.82) is 0 Å². The number of nitrogens with zero attached hydrogens (tertiary/aromatic N) is 4. The van der Waals surface area contributed by atoms with Gasteiger partial charge in [0.25, 0.3) is 0 Å². The van der Waals surface area contributed by atoms with Crippen molar-refractivity contribution >= 4 is 16.9 Å². The second-order valence-electron chi connectivity index (χ2n) is 4.11. The first-order valence-corrected chi connectivity index (χ1v) is 5.68. The highest BCUT2D eigenvalue weighted by molar-refractivity contribution is 5.86. The molecule has 0 aromatic carbocycles. The summed E-state index contributed by atoms with van der Waals surface area (Å²) in [6, 6.07) is 3.84. The van der Waals surface area contributed by atoms with Crippen molar-refractivity contribution in [3.05, 3.63) is 36.7 Å². The third kappa shape index (κ3) is 1.71. The third-order valence-corrected chi connectivity index (χ3v) is 2.85. The van der Waals surface area contributed by atoms with Crippen LogP contribution < -0.4 is 5.32 Å². The van der Waals surface area contributed by atoms with Gasteiger partial charge in [0.05, 0.1) is 23.9 Å². The lowest BCUT2D eigenvalue weighted by Crippen LogP contribution is -2.07. The lowest BCUT2D eigenvalue weighted by atomic mass is 10.2. The molecule has 0 amide bonds. The molecule has 0 aliphatic rings. The number of aryl methyl sites for hydroxylation is 1.